The Morgan fingerprint density at radius 1 is 0.391 bits per heavy atom. The molecule has 46 heavy (non-hydrogen) atoms. The van der Waals surface area contributed by atoms with Gasteiger partial charge in [-0.2, -0.15) is 0 Å². The van der Waals surface area contributed by atoms with Crippen molar-refractivity contribution in [1.29, 1.82) is 0 Å². The van der Waals surface area contributed by atoms with Crippen LogP contribution >= 0.6 is 0 Å². The highest BCUT2D eigenvalue weighted by molar-refractivity contribution is 6.15. The van der Waals surface area contributed by atoms with E-state index < -0.39 is 0 Å². The Kier molecular flexibility index (Phi) is 6.03. The Morgan fingerprint density at radius 3 is 1.65 bits per heavy atom. The van der Waals surface area contributed by atoms with Gasteiger partial charge in [0.15, 0.2) is 23.1 Å². The van der Waals surface area contributed by atoms with Crippen molar-refractivity contribution in [1.82, 2.24) is 19.9 Å². The lowest BCUT2D eigenvalue weighted by Crippen LogP contribution is -2.00. The van der Waals surface area contributed by atoms with Crippen LogP contribution in [0.3, 0.4) is 0 Å². The molecule has 9 rings (SSSR count). The van der Waals surface area contributed by atoms with Crippen molar-refractivity contribution in [2.45, 2.75) is 0 Å². The summed E-state index contributed by atoms with van der Waals surface area (Å²) in [6.45, 7) is 0. The van der Waals surface area contributed by atoms with E-state index in [1.807, 2.05) is 127 Å². The molecule has 0 spiro atoms. The van der Waals surface area contributed by atoms with E-state index in [-0.39, 0.29) is 0 Å². The van der Waals surface area contributed by atoms with E-state index in [1.54, 1.807) is 0 Å². The van der Waals surface area contributed by atoms with E-state index in [2.05, 4.69) is 18.2 Å². The second kappa shape index (κ2) is 10.6. The fourth-order valence-corrected chi connectivity index (χ4v) is 5.99. The van der Waals surface area contributed by atoms with Gasteiger partial charge in [0.2, 0.25) is 5.89 Å². The fraction of sp³-hybridized carbons (Fsp3) is 0. The summed E-state index contributed by atoms with van der Waals surface area (Å²) in [5, 5.41) is 1.95. The number of rotatable bonds is 5. The molecule has 216 valence electrons. The van der Waals surface area contributed by atoms with Crippen molar-refractivity contribution in [3.05, 3.63) is 146 Å². The number of aromatic nitrogens is 4. The van der Waals surface area contributed by atoms with Gasteiger partial charge in [-0.1, -0.05) is 103 Å². The minimum Gasteiger partial charge on any atom is -0.456 e. The zero-order chi connectivity index (χ0) is 30.5. The molecule has 3 heterocycles. The molecule has 0 aliphatic carbocycles. The minimum absolute atomic E-state index is 0.589. The van der Waals surface area contributed by atoms with Gasteiger partial charge in [-0.15, -0.1) is 0 Å². The van der Waals surface area contributed by atoms with Crippen LogP contribution in [0, 0.1) is 0 Å². The molecule has 0 saturated heterocycles. The predicted molar refractivity (Wildman–Crippen MR) is 182 cm³/mol. The number of nitrogens with zero attached hydrogens (tertiary/aromatic N) is 4. The lowest BCUT2D eigenvalue weighted by molar-refractivity contribution is 0.621. The molecule has 0 aliphatic heterocycles. The Bertz CT molecular complexity index is 2460. The Balaban J connectivity index is 1.24. The van der Waals surface area contributed by atoms with E-state index in [0.29, 0.717) is 23.4 Å². The van der Waals surface area contributed by atoms with Gasteiger partial charge in [0, 0.05) is 38.6 Å². The fourth-order valence-electron chi connectivity index (χ4n) is 5.99. The molecular weight excluding hydrogens is 568 g/mol. The van der Waals surface area contributed by atoms with E-state index in [0.717, 1.165) is 66.4 Å². The molecule has 0 bridgehead atoms. The quantitative estimate of drug-likeness (QED) is 0.198. The number of oxazole rings is 1. The molecule has 9 aromatic rings. The first-order valence-corrected chi connectivity index (χ1v) is 15.1. The van der Waals surface area contributed by atoms with Crippen molar-refractivity contribution in [2.75, 3.05) is 0 Å². The molecule has 0 atom stereocenters. The zero-order valence-corrected chi connectivity index (χ0v) is 24.5. The smallest absolute Gasteiger partial charge is 0.227 e. The summed E-state index contributed by atoms with van der Waals surface area (Å²) in [4.78, 5) is 19.6. The van der Waals surface area contributed by atoms with Crippen LogP contribution in [0.5, 0.6) is 0 Å². The topological polar surface area (TPSA) is 77.8 Å². The summed E-state index contributed by atoms with van der Waals surface area (Å²) in [7, 11) is 0. The molecule has 0 N–H and O–H groups in total. The number of furan rings is 1. The van der Waals surface area contributed by atoms with Crippen molar-refractivity contribution in [3.8, 4) is 56.7 Å². The summed E-state index contributed by atoms with van der Waals surface area (Å²) in [6.07, 6.45) is 0. The predicted octanol–water partition coefficient (Wildman–Crippen LogP) is 10.2. The van der Waals surface area contributed by atoms with Crippen molar-refractivity contribution >= 4 is 33.0 Å². The first-order chi connectivity index (χ1) is 22.8. The number of hydrogen-bond acceptors (Lipinski definition) is 6. The summed E-state index contributed by atoms with van der Waals surface area (Å²) in [5.74, 6) is 2.42. The second-order valence-electron chi connectivity index (χ2n) is 11.1. The normalized spacial score (nSPS) is 11.5. The molecule has 0 fully saturated rings. The maximum atomic E-state index is 6.41. The average Bonchev–Trinajstić information content (AvgIpc) is 3.74. The molecule has 0 unspecified atom stereocenters. The van der Waals surface area contributed by atoms with Crippen molar-refractivity contribution < 1.29 is 8.83 Å². The minimum atomic E-state index is 0.589. The molecule has 3 aromatic heterocycles. The molecule has 0 amide bonds. The second-order valence-corrected chi connectivity index (χ2v) is 11.1. The van der Waals surface area contributed by atoms with Gasteiger partial charge in [0.25, 0.3) is 0 Å². The van der Waals surface area contributed by atoms with Gasteiger partial charge in [-0.3, -0.25) is 0 Å². The van der Waals surface area contributed by atoms with Crippen LogP contribution in [0.15, 0.2) is 154 Å². The summed E-state index contributed by atoms with van der Waals surface area (Å²) in [6, 6.07) is 48.2. The van der Waals surface area contributed by atoms with E-state index >= 15 is 0 Å². The van der Waals surface area contributed by atoms with Gasteiger partial charge in [0.1, 0.15) is 16.7 Å². The van der Waals surface area contributed by atoms with Crippen LogP contribution in [0.2, 0.25) is 0 Å². The van der Waals surface area contributed by atoms with E-state index in [1.165, 1.54) is 0 Å². The largest absolute Gasteiger partial charge is 0.456 e. The number of hydrogen-bond donors (Lipinski definition) is 0. The molecular formula is C40H24N4O2. The third-order valence-electron chi connectivity index (χ3n) is 8.18. The molecule has 6 aromatic carbocycles. The van der Waals surface area contributed by atoms with Crippen LogP contribution in [0.4, 0.5) is 0 Å². The van der Waals surface area contributed by atoms with E-state index in [4.69, 9.17) is 28.8 Å². The van der Waals surface area contributed by atoms with Gasteiger partial charge in [-0.05, 0) is 48.0 Å². The highest BCUT2D eigenvalue weighted by atomic mass is 16.3. The van der Waals surface area contributed by atoms with Gasteiger partial charge >= 0.3 is 0 Å². The van der Waals surface area contributed by atoms with Crippen LogP contribution in [-0.2, 0) is 0 Å². The Hall–Kier alpha value is -6.40. The average molecular weight is 593 g/mol. The molecule has 0 aliphatic rings. The Labute approximate surface area is 263 Å². The van der Waals surface area contributed by atoms with Gasteiger partial charge in [-0.25, -0.2) is 19.9 Å². The summed E-state index contributed by atoms with van der Waals surface area (Å²) < 4.78 is 12.8. The van der Waals surface area contributed by atoms with Crippen LogP contribution in [-0.4, -0.2) is 19.9 Å². The highest BCUT2D eigenvalue weighted by Crippen LogP contribution is 2.41. The molecule has 6 heteroatoms. The van der Waals surface area contributed by atoms with E-state index in [9.17, 15) is 0 Å². The Morgan fingerprint density at radius 2 is 0.978 bits per heavy atom. The third-order valence-corrected chi connectivity index (χ3v) is 8.18. The molecule has 0 saturated carbocycles. The van der Waals surface area contributed by atoms with Gasteiger partial charge < -0.3 is 8.83 Å². The number of fused-ring (bicyclic) bond motifs is 4. The SMILES string of the molecule is c1ccc(-c2nc(-c3ccccc3)nc(-c3ccc4oc5cccc(-c6cccc7nc(-c8ccccc8)oc67)c5c4c3)n2)cc1. The van der Waals surface area contributed by atoms with Crippen molar-refractivity contribution in [3.63, 3.8) is 0 Å². The maximum absolute atomic E-state index is 6.41. The standard InChI is InChI=1S/C40H24N4O2/c1-4-12-25(13-5-1)37-42-38(26-14-6-2-7-15-26)44-39(43-37)28-22-23-33-31(24-28)35-29(18-11-21-34(35)45-33)30-19-10-20-32-36(30)46-40(41-32)27-16-8-3-9-17-27/h1-24H. The lowest BCUT2D eigenvalue weighted by atomic mass is 9.98. The van der Waals surface area contributed by atoms with Gasteiger partial charge in [0.05, 0.1) is 0 Å². The summed E-state index contributed by atoms with van der Waals surface area (Å²) >= 11 is 0. The van der Waals surface area contributed by atoms with Crippen molar-refractivity contribution in [2.24, 2.45) is 0 Å². The number of benzene rings is 6. The maximum Gasteiger partial charge on any atom is 0.227 e. The third kappa shape index (κ3) is 4.43. The molecule has 6 nitrogen and oxygen atoms in total. The first kappa shape index (κ1) is 26.0. The van der Waals surface area contributed by atoms with Crippen LogP contribution < -0.4 is 0 Å². The molecule has 0 radical (unpaired) electrons. The monoisotopic (exact) mass is 592 g/mol. The highest BCUT2D eigenvalue weighted by Gasteiger charge is 2.19. The zero-order valence-electron chi connectivity index (χ0n) is 24.5. The summed E-state index contributed by atoms with van der Waals surface area (Å²) in [5.41, 5.74) is 8.70. The lowest BCUT2D eigenvalue weighted by Gasteiger charge is -2.08. The van der Waals surface area contributed by atoms with Crippen LogP contribution in [0.1, 0.15) is 0 Å². The number of para-hydroxylation sites is 1. The van der Waals surface area contributed by atoms with Crippen LogP contribution in [0.25, 0.3) is 89.8 Å². The first-order valence-electron chi connectivity index (χ1n) is 15.1.